The van der Waals surface area contributed by atoms with E-state index in [2.05, 4.69) is 15.1 Å². The zero-order chi connectivity index (χ0) is 23.5. The van der Waals surface area contributed by atoms with Crippen LogP contribution in [0.4, 0.5) is 4.39 Å². The molecule has 194 valence electrons. The van der Waals surface area contributed by atoms with E-state index >= 15 is 0 Å². The quantitative estimate of drug-likeness (QED) is 0.378. The summed E-state index contributed by atoms with van der Waals surface area (Å²) >= 11 is 0. The first-order valence-electron chi connectivity index (χ1n) is 11.5. The fourth-order valence-electron chi connectivity index (χ4n) is 4.62. The SMILES string of the molecule is COC1(COc2cc(F)cc3ccc(-c4nnc5ccccn45)nc23)CCCN(CCO)CC1.Cl.Cl. The molecule has 1 N–H and O–H groups in total. The number of ether oxygens (including phenoxy) is 2. The number of hydrogen-bond acceptors (Lipinski definition) is 7. The number of pyridine rings is 2. The van der Waals surface area contributed by atoms with Gasteiger partial charge in [0, 0.05) is 37.8 Å². The van der Waals surface area contributed by atoms with Crippen LogP contribution in [0, 0.1) is 5.82 Å². The predicted molar refractivity (Wildman–Crippen MR) is 141 cm³/mol. The normalized spacial score (nSPS) is 18.4. The minimum atomic E-state index is -0.482. The molecule has 1 aromatic carbocycles. The molecule has 36 heavy (non-hydrogen) atoms. The monoisotopic (exact) mass is 537 g/mol. The van der Waals surface area contributed by atoms with Crippen molar-refractivity contribution in [3.63, 3.8) is 0 Å². The van der Waals surface area contributed by atoms with E-state index in [0.717, 1.165) is 38.0 Å². The standard InChI is InChI=1S/C25H28FN5O3.2ClH/c1-33-25(8-4-10-30(12-9-25)13-14-32)17-34-21-16-19(26)15-18-6-7-20(27-23(18)21)24-29-28-22-5-2-3-11-31(22)24;;/h2-3,5-7,11,15-16,32H,4,8-10,12-14,17H2,1H3;2*1H. The largest absolute Gasteiger partial charge is 0.488 e. The summed E-state index contributed by atoms with van der Waals surface area (Å²) in [4.78, 5) is 7.02. The summed E-state index contributed by atoms with van der Waals surface area (Å²) in [5, 5.41) is 18.4. The molecule has 1 saturated heterocycles. The molecule has 0 radical (unpaired) electrons. The smallest absolute Gasteiger partial charge is 0.187 e. The lowest BCUT2D eigenvalue weighted by molar-refractivity contribution is -0.0539. The predicted octanol–water partition coefficient (Wildman–Crippen LogP) is 4.17. The fraction of sp³-hybridized carbons (Fsp3) is 0.400. The fourth-order valence-corrected chi connectivity index (χ4v) is 4.62. The molecule has 0 spiro atoms. The summed E-state index contributed by atoms with van der Waals surface area (Å²) in [5.41, 5.74) is 1.43. The van der Waals surface area contributed by atoms with E-state index in [-0.39, 0.29) is 43.8 Å². The number of methoxy groups -OCH3 is 1. The molecule has 8 nitrogen and oxygen atoms in total. The van der Waals surface area contributed by atoms with Crippen molar-refractivity contribution in [2.45, 2.75) is 24.9 Å². The third kappa shape index (κ3) is 5.71. The first-order valence-corrected chi connectivity index (χ1v) is 11.5. The van der Waals surface area contributed by atoms with E-state index in [1.54, 1.807) is 7.11 Å². The van der Waals surface area contributed by atoms with Gasteiger partial charge in [-0.05, 0) is 50.1 Å². The van der Waals surface area contributed by atoms with Gasteiger partial charge in [-0.2, -0.15) is 0 Å². The number of benzene rings is 1. The van der Waals surface area contributed by atoms with Crippen molar-refractivity contribution in [3.05, 3.63) is 54.5 Å². The third-order valence-corrected chi connectivity index (χ3v) is 6.60. The van der Waals surface area contributed by atoms with Crippen molar-refractivity contribution < 1.29 is 19.0 Å². The molecule has 0 amide bonds. The van der Waals surface area contributed by atoms with Gasteiger partial charge in [-0.3, -0.25) is 4.40 Å². The van der Waals surface area contributed by atoms with Gasteiger partial charge in [0.05, 0.1) is 6.61 Å². The van der Waals surface area contributed by atoms with Gasteiger partial charge in [0.2, 0.25) is 0 Å². The Hall–Kier alpha value is -2.56. The number of aromatic nitrogens is 4. The van der Waals surface area contributed by atoms with Crippen LogP contribution in [0.3, 0.4) is 0 Å². The molecule has 1 aliphatic rings. The molecule has 11 heteroatoms. The summed E-state index contributed by atoms with van der Waals surface area (Å²) in [6.45, 7) is 2.80. The summed E-state index contributed by atoms with van der Waals surface area (Å²) in [7, 11) is 1.70. The van der Waals surface area contributed by atoms with Crippen molar-refractivity contribution in [2.75, 3.05) is 40.0 Å². The van der Waals surface area contributed by atoms with Crippen molar-refractivity contribution in [1.82, 2.24) is 24.5 Å². The molecular weight excluding hydrogens is 508 g/mol. The molecule has 0 aliphatic carbocycles. The first-order chi connectivity index (χ1) is 16.6. The maximum absolute atomic E-state index is 14.4. The molecular formula is C25H30Cl2FN5O3. The lowest BCUT2D eigenvalue weighted by Crippen LogP contribution is -2.39. The van der Waals surface area contributed by atoms with Gasteiger partial charge in [-0.25, -0.2) is 9.37 Å². The van der Waals surface area contributed by atoms with E-state index < -0.39 is 5.60 Å². The molecule has 0 saturated carbocycles. The van der Waals surface area contributed by atoms with E-state index in [9.17, 15) is 9.50 Å². The van der Waals surface area contributed by atoms with E-state index in [1.807, 2.05) is 40.9 Å². The Balaban J connectivity index is 0.00000180. The third-order valence-electron chi connectivity index (χ3n) is 6.60. The highest BCUT2D eigenvalue weighted by atomic mass is 35.5. The van der Waals surface area contributed by atoms with Crippen LogP contribution in [-0.4, -0.2) is 75.1 Å². The van der Waals surface area contributed by atoms with Gasteiger partial charge < -0.3 is 19.5 Å². The second-order valence-corrected chi connectivity index (χ2v) is 8.72. The Morgan fingerprint density at radius 1 is 1.08 bits per heavy atom. The highest BCUT2D eigenvalue weighted by Gasteiger charge is 2.34. The summed E-state index contributed by atoms with van der Waals surface area (Å²) in [6.07, 6.45) is 4.40. The van der Waals surface area contributed by atoms with Crippen LogP contribution in [0.2, 0.25) is 0 Å². The number of hydrogen-bond donors (Lipinski definition) is 1. The topological polar surface area (TPSA) is 85.0 Å². The number of aliphatic hydroxyl groups excluding tert-OH is 1. The Labute approximate surface area is 221 Å². The van der Waals surface area contributed by atoms with Gasteiger partial charge >= 0.3 is 0 Å². The zero-order valence-electron chi connectivity index (χ0n) is 20.0. The van der Waals surface area contributed by atoms with Crippen LogP contribution in [0.5, 0.6) is 5.75 Å². The number of aliphatic hydroxyl groups is 1. The average molecular weight is 538 g/mol. The highest BCUT2D eigenvalue weighted by Crippen LogP contribution is 2.32. The van der Waals surface area contributed by atoms with Crippen LogP contribution >= 0.6 is 24.8 Å². The lowest BCUT2D eigenvalue weighted by atomic mass is 9.95. The zero-order valence-corrected chi connectivity index (χ0v) is 21.6. The second-order valence-electron chi connectivity index (χ2n) is 8.72. The van der Waals surface area contributed by atoms with Gasteiger partial charge in [-0.1, -0.05) is 12.1 Å². The molecule has 4 heterocycles. The highest BCUT2D eigenvalue weighted by molar-refractivity contribution is 5.86. The van der Waals surface area contributed by atoms with Crippen LogP contribution in [0.1, 0.15) is 19.3 Å². The van der Waals surface area contributed by atoms with E-state index in [0.29, 0.717) is 34.7 Å². The second kappa shape index (κ2) is 12.1. The van der Waals surface area contributed by atoms with Crippen LogP contribution in [0.25, 0.3) is 28.1 Å². The number of likely N-dealkylation sites (tertiary alicyclic amines) is 1. The van der Waals surface area contributed by atoms with Gasteiger partial charge in [0.15, 0.2) is 11.5 Å². The van der Waals surface area contributed by atoms with Crippen molar-refractivity contribution in [3.8, 4) is 17.3 Å². The van der Waals surface area contributed by atoms with Crippen molar-refractivity contribution in [2.24, 2.45) is 0 Å². The van der Waals surface area contributed by atoms with Crippen LogP contribution in [0.15, 0.2) is 48.7 Å². The Kier molecular flexibility index (Phi) is 9.43. The summed E-state index contributed by atoms with van der Waals surface area (Å²) in [5.74, 6) is 0.596. The average Bonchev–Trinajstić information content (AvgIpc) is 3.18. The number of β-amino-alcohol motifs (C(OH)–C–C–N with tert-alkyl or cyclic N) is 1. The minimum Gasteiger partial charge on any atom is -0.488 e. The van der Waals surface area contributed by atoms with E-state index in [4.69, 9.17) is 14.5 Å². The summed E-state index contributed by atoms with van der Waals surface area (Å²) < 4.78 is 28.4. The molecule has 1 atom stereocenters. The minimum absolute atomic E-state index is 0. The molecule has 4 aromatic rings. The molecule has 5 rings (SSSR count). The Bertz CT molecular complexity index is 1310. The van der Waals surface area contributed by atoms with Gasteiger partial charge in [0.25, 0.3) is 0 Å². The lowest BCUT2D eigenvalue weighted by Gasteiger charge is -2.31. The Morgan fingerprint density at radius 2 is 1.94 bits per heavy atom. The van der Waals surface area contributed by atoms with Crippen molar-refractivity contribution >= 4 is 41.4 Å². The Morgan fingerprint density at radius 3 is 2.75 bits per heavy atom. The number of fused-ring (bicyclic) bond motifs is 2. The maximum atomic E-state index is 14.4. The number of rotatable bonds is 7. The van der Waals surface area contributed by atoms with Crippen LogP contribution < -0.4 is 4.74 Å². The summed E-state index contributed by atoms with van der Waals surface area (Å²) in [6, 6.07) is 12.1. The van der Waals surface area contributed by atoms with Gasteiger partial charge in [0.1, 0.15) is 35.0 Å². The van der Waals surface area contributed by atoms with E-state index in [1.165, 1.54) is 12.1 Å². The molecule has 0 bridgehead atoms. The first kappa shape index (κ1) is 28.0. The molecule has 1 fully saturated rings. The van der Waals surface area contributed by atoms with Crippen molar-refractivity contribution in [1.29, 1.82) is 0 Å². The molecule has 1 unspecified atom stereocenters. The maximum Gasteiger partial charge on any atom is 0.187 e. The van der Waals surface area contributed by atoms with Crippen LogP contribution in [-0.2, 0) is 4.74 Å². The number of nitrogens with zero attached hydrogens (tertiary/aromatic N) is 5. The number of halogens is 3. The molecule has 3 aromatic heterocycles. The molecule has 1 aliphatic heterocycles. The van der Waals surface area contributed by atoms with Gasteiger partial charge in [-0.15, -0.1) is 35.0 Å².